The molecule has 0 aromatic heterocycles. The van der Waals surface area contributed by atoms with Crippen molar-refractivity contribution in [2.45, 2.75) is 97.1 Å². The Morgan fingerprint density at radius 2 is 1.97 bits per heavy atom. The third-order valence-electron chi connectivity index (χ3n) is 7.41. The van der Waals surface area contributed by atoms with E-state index in [1.54, 1.807) is 0 Å². The molecule has 2 N–H and O–H groups in total. The van der Waals surface area contributed by atoms with Gasteiger partial charge in [0.1, 0.15) is 11.4 Å². The minimum Gasteiger partial charge on any atom is -0.507 e. The molecule has 0 bridgehead atoms. The maximum atomic E-state index is 15.9. The zero-order valence-corrected chi connectivity index (χ0v) is 19.1. The van der Waals surface area contributed by atoms with Crippen LogP contribution in [0.3, 0.4) is 0 Å². The van der Waals surface area contributed by atoms with Crippen LogP contribution in [0.25, 0.3) is 0 Å². The number of allylic oxidation sites excluding steroid dienone is 2. The predicted molar refractivity (Wildman–Crippen MR) is 120 cm³/mol. The van der Waals surface area contributed by atoms with Crippen molar-refractivity contribution in [1.82, 2.24) is 5.32 Å². The Kier molecular flexibility index (Phi) is 6.16. The summed E-state index contributed by atoms with van der Waals surface area (Å²) in [5.74, 6) is 1.32. The van der Waals surface area contributed by atoms with Crippen LogP contribution in [0.15, 0.2) is 11.6 Å². The number of rotatable bonds is 8. The van der Waals surface area contributed by atoms with Crippen molar-refractivity contribution in [2.75, 3.05) is 6.54 Å². The van der Waals surface area contributed by atoms with Gasteiger partial charge in [-0.3, -0.25) is 0 Å². The number of phenols is 1. The summed E-state index contributed by atoms with van der Waals surface area (Å²) in [7, 11) is 0. The van der Waals surface area contributed by atoms with E-state index in [-0.39, 0.29) is 23.4 Å². The fourth-order valence-corrected chi connectivity index (χ4v) is 5.41. The first-order valence-corrected chi connectivity index (χ1v) is 12.0. The van der Waals surface area contributed by atoms with Gasteiger partial charge in [-0.1, -0.05) is 31.4 Å². The molecule has 30 heavy (non-hydrogen) atoms. The quantitative estimate of drug-likeness (QED) is 0.383. The van der Waals surface area contributed by atoms with Gasteiger partial charge in [0, 0.05) is 29.5 Å². The summed E-state index contributed by atoms with van der Waals surface area (Å²) >= 11 is 0. The molecule has 3 aliphatic rings. The van der Waals surface area contributed by atoms with Crippen LogP contribution in [0.4, 0.5) is 4.39 Å². The summed E-state index contributed by atoms with van der Waals surface area (Å²) in [6.07, 6.45) is 10.6. The monoisotopic (exact) mass is 415 g/mol. The minimum absolute atomic E-state index is 0.0128. The van der Waals surface area contributed by atoms with Gasteiger partial charge in [0.05, 0.1) is 0 Å². The molecular weight excluding hydrogens is 377 g/mol. The van der Waals surface area contributed by atoms with Crippen LogP contribution < -0.4 is 10.1 Å². The van der Waals surface area contributed by atoms with Crippen LogP contribution in [0.1, 0.15) is 95.2 Å². The average Bonchev–Trinajstić information content (AvgIpc) is 3.51. The second kappa shape index (κ2) is 8.53. The Morgan fingerprint density at radius 3 is 2.67 bits per heavy atom. The first kappa shape index (κ1) is 21.7. The highest BCUT2D eigenvalue weighted by atomic mass is 19.1. The molecule has 1 fully saturated rings. The number of aromatic hydroxyl groups is 1. The average molecular weight is 416 g/mol. The number of hydrogen-bond acceptors (Lipinski definition) is 3. The summed E-state index contributed by atoms with van der Waals surface area (Å²) in [6.45, 7) is 9.91. The van der Waals surface area contributed by atoms with E-state index in [0.717, 1.165) is 50.1 Å². The summed E-state index contributed by atoms with van der Waals surface area (Å²) in [4.78, 5) is 0. The predicted octanol–water partition coefficient (Wildman–Crippen LogP) is 6.37. The number of unbranched alkanes of at least 4 members (excludes halogenated alkanes) is 2. The molecule has 0 unspecified atom stereocenters. The van der Waals surface area contributed by atoms with Gasteiger partial charge in [-0.2, -0.15) is 0 Å². The van der Waals surface area contributed by atoms with E-state index in [0.29, 0.717) is 29.8 Å². The standard InChI is InChI=1S/C26H38FNO2/c1-5-6-7-8-18-20(15-28-14-17-10-11-17)24(29)22-19-13-16(2)9-12-21(19)26(3,4)30-25(22)23(18)27/h13,17,19,21,28-29H,5-12,14-15H2,1-4H3/t19-,21-/m1/s1. The zero-order chi connectivity index (χ0) is 21.5. The lowest BCUT2D eigenvalue weighted by Gasteiger charge is -2.47. The van der Waals surface area contributed by atoms with Crippen molar-refractivity contribution in [3.8, 4) is 11.5 Å². The molecule has 3 nitrogen and oxygen atoms in total. The van der Waals surface area contributed by atoms with Gasteiger partial charge in [-0.15, -0.1) is 0 Å². The van der Waals surface area contributed by atoms with E-state index in [4.69, 9.17) is 4.74 Å². The van der Waals surface area contributed by atoms with E-state index in [2.05, 4.69) is 39.1 Å². The van der Waals surface area contributed by atoms with Crippen LogP contribution in [0.2, 0.25) is 0 Å². The fraction of sp³-hybridized carbons (Fsp3) is 0.692. The minimum atomic E-state index is -0.450. The number of phenolic OH excluding ortho intramolecular Hbond substituents is 1. The zero-order valence-electron chi connectivity index (χ0n) is 19.1. The van der Waals surface area contributed by atoms with Crippen molar-refractivity contribution in [3.63, 3.8) is 0 Å². The summed E-state index contributed by atoms with van der Waals surface area (Å²) in [5, 5.41) is 14.9. The van der Waals surface area contributed by atoms with Crippen molar-refractivity contribution < 1.29 is 14.2 Å². The third kappa shape index (κ3) is 4.12. The number of hydrogen-bond donors (Lipinski definition) is 2. The van der Waals surface area contributed by atoms with Gasteiger partial charge in [-0.25, -0.2) is 4.39 Å². The highest BCUT2D eigenvalue weighted by Gasteiger charge is 2.47. The molecule has 1 aromatic carbocycles. The Bertz CT molecular complexity index is 825. The van der Waals surface area contributed by atoms with Gasteiger partial charge in [0.25, 0.3) is 0 Å². The highest BCUT2D eigenvalue weighted by Crippen LogP contribution is 2.55. The number of ether oxygens (including phenoxy) is 1. The molecule has 1 aromatic rings. The van der Waals surface area contributed by atoms with Crippen LogP contribution in [-0.4, -0.2) is 17.3 Å². The van der Waals surface area contributed by atoms with E-state index >= 15 is 4.39 Å². The second-order valence-corrected chi connectivity index (χ2v) is 10.3. The SMILES string of the molecule is CCCCCc1c(F)c2c(c(O)c1CNCC1CC1)[C@@H]1C=C(C)CC[C@H]1C(C)(C)O2. The molecule has 0 spiro atoms. The van der Waals surface area contributed by atoms with Crippen LogP contribution >= 0.6 is 0 Å². The maximum Gasteiger partial charge on any atom is 0.169 e. The van der Waals surface area contributed by atoms with Gasteiger partial charge in [0.15, 0.2) is 11.6 Å². The molecule has 1 aliphatic heterocycles. The molecule has 2 aliphatic carbocycles. The van der Waals surface area contributed by atoms with Crippen molar-refractivity contribution in [2.24, 2.45) is 11.8 Å². The molecule has 4 rings (SSSR count). The van der Waals surface area contributed by atoms with Crippen molar-refractivity contribution in [3.05, 3.63) is 34.2 Å². The van der Waals surface area contributed by atoms with Crippen LogP contribution in [0.5, 0.6) is 11.5 Å². The molecule has 4 heteroatoms. The molecular formula is C26H38FNO2. The van der Waals surface area contributed by atoms with E-state index in [1.165, 1.54) is 18.4 Å². The molecule has 1 saturated carbocycles. The van der Waals surface area contributed by atoms with E-state index in [1.807, 2.05) is 0 Å². The highest BCUT2D eigenvalue weighted by molar-refractivity contribution is 5.59. The molecule has 2 atom stereocenters. The normalized spacial score (nSPS) is 24.6. The second-order valence-electron chi connectivity index (χ2n) is 10.3. The Labute approximate surface area is 181 Å². The van der Waals surface area contributed by atoms with Crippen LogP contribution in [-0.2, 0) is 13.0 Å². The Morgan fingerprint density at radius 1 is 1.20 bits per heavy atom. The molecule has 0 amide bonds. The smallest absolute Gasteiger partial charge is 0.169 e. The Balaban J connectivity index is 1.78. The van der Waals surface area contributed by atoms with Gasteiger partial charge in [0.2, 0.25) is 0 Å². The van der Waals surface area contributed by atoms with Crippen LogP contribution in [0, 0.1) is 17.7 Å². The maximum absolute atomic E-state index is 15.9. The lowest BCUT2D eigenvalue weighted by Crippen LogP contribution is -2.45. The van der Waals surface area contributed by atoms with E-state index < -0.39 is 5.60 Å². The number of halogens is 1. The fourth-order valence-electron chi connectivity index (χ4n) is 5.41. The molecule has 0 saturated heterocycles. The van der Waals surface area contributed by atoms with E-state index in [9.17, 15) is 5.11 Å². The molecule has 1 heterocycles. The number of nitrogens with one attached hydrogen (secondary N) is 1. The Hall–Kier alpha value is -1.55. The van der Waals surface area contributed by atoms with Crippen molar-refractivity contribution >= 4 is 0 Å². The van der Waals surface area contributed by atoms with Gasteiger partial charge < -0.3 is 15.2 Å². The lowest BCUT2D eigenvalue weighted by molar-refractivity contribution is 0.00659. The summed E-state index contributed by atoms with van der Waals surface area (Å²) in [5.41, 5.74) is 2.95. The topological polar surface area (TPSA) is 41.5 Å². The first-order chi connectivity index (χ1) is 14.3. The summed E-state index contributed by atoms with van der Waals surface area (Å²) < 4.78 is 22.2. The molecule has 0 radical (unpaired) electrons. The molecule has 166 valence electrons. The third-order valence-corrected chi connectivity index (χ3v) is 7.41. The van der Waals surface area contributed by atoms with Gasteiger partial charge in [-0.05, 0) is 77.3 Å². The lowest BCUT2D eigenvalue weighted by atomic mass is 9.67. The summed E-state index contributed by atoms with van der Waals surface area (Å²) in [6, 6.07) is 0. The largest absolute Gasteiger partial charge is 0.507 e. The first-order valence-electron chi connectivity index (χ1n) is 12.0. The van der Waals surface area contributed by atoms with Crippen molar-refractivity contribution in [1.29, 1.82) is 0 Å². The van der Waals surface area contributed by atoms with Gasteiger partial charge >= 0.3 is 0 Å². The number of fused-ring (bicyclic) bond motifs is 3. The number of benzene rings is 1.